The summed E-state index contributed by atoms with van der Waals surface area (Å²) >= 11 is 1.18. The summed E-state index contributed by atoms with van der Waals surface area (Å²) in [6.07, 6.45) is 0. The maximum Gasteiger partial charge on any atom is 0.261 e. The number of carbonyl (C=O) groups excluding carboxylic acids is 2. The number of aryl methyl sites for hydroxylation is 1. The molecule has 1 aliphatic heterocycles. The van der Waals surface area contributed by atoms with Crippen LogP contribution in [0.25, 0.3) is 0 Å². The van der Waals surface area contributed by atoms with Crippen molar-refractivity contribution in [1.29, 1.82) is 0 Å². The Kier molecular flexibility index (Phi) is 5.88. The molecule has 2 aromatic carbocycles. The molecule has 32 heavy (non-hydrogen) atoms. The first-order chi connectivity index (χ1) is 15.2. The number of fused-ring (bicyclic) bond motifs is 1. The number of benzene rings is 2. The number of ether oxygens (including phenoxy) is 2. The Balaban J connectivity index is 1.41. The van der Waals surface area contributed by atoms with E-state index >= 15 is 0 Å². The van der Waals surface area contributed by atoms with Crippen LogP contribution in [-0.4, -0.2) is 25.2 Å². The van der Waals surface area contributed by atoms with Gasteiger partial charge in [-0.05, 0) is 54.4 Å². The fourth-order valence-electron chi connectivity index (χ4n) is 3.38. The van der Waals surface area contributed by atoms with E-state index < -0.39 is 11.7 Å². The molecule has 0 aliphatic carbocycles. The van der Waals surface area contributed by atoms with Crippen LogP contribution in [0.2, 0.25) is 0 Å². The first kappa shape index (κ1) is 21.8. The molecule has 2 N–H and O–H groups in total. The lowest BCUT2D eigenvalue weighted by molar-refractivity contribution is 0.0948. The van der Waals surface area contributed by atoms with Gasteiger partial charge >= 0.3 is 0 Å². The van der Waals surface area contributed by atoms with Gasteiger partial charge in [0.25, 0.3) is 11.8 Å². The average Bonchev–Trinajstić information content (AvgIpc) is 3.37. The van der Waals surface area contributed by atoms with E-state index in [1.165, 1.54) is 35.6 Å². The van der Waals surface area contributed by atoms with Gasteiger partial charge in [0, 0.05) is 17.5 Å². The minimum Gasteiger partial charge on any atom is -0.454 e. The molecule has 166 valence electrons. The van der Waals surface area contributed by atoms with Crippen molar-refractivity contribution >= 4 is 28.2 Å². The molecule has 0 fully saturated rings. The van der Waals surface area contributed by atoms with Crippen LogP contribution in [-0.2, 0) is 5.41 Å². The number of amides is 2. The lowest BCUT2D eigenvalue weighted by Gasteiger charge is -2.26. The van der Waals surface area contributed by atoms with Gasteiger partial charge in [-0.2, -0.15) is 0 Å². The van der Waals surface area contributed by atoms with E-state index in [1.807, 2.05) is 39.0 Å². The average molecular weight is 455 g/mol. The van der Waals surface area contributed by atoms with E-state index in [1.54, 1.807) is 6.07 Å². The van der Waals surface area contributed by atoms with Gasteiger partial charge in [0.2, 0.25) is 6.79 Å². The molecule has 1 aromatic heterocycles. The van der Waals surface area contributed by atoms with Gasteiger partial charge in [-0.25, -0.2) is 4.39 Å². The molecule has 6 nitrogen and oxygen atoms in total. The third kappa shape index (κ3) is 4.60. The third-order valence-corrected chi connectivity index (χ3v) is 6.44. The molecule has 0 unspecified atom stereocenters. The highest BCUT2D eigenvalue weighted by atomic mass is 32.1. The maximum absolute atomic E-state index is 13.4. The van der Waals surface area contributed by atoms with Crippen LogP contribution in [0.1, 0.15) is 45.0 Å². The Bertz CT molecular complexity index is 1190. The molecule has 0 bridgehead atoms. The number of nitrogens with one attached hydrogen (secondary N) is 2. The molecule has 0 saturated heterocycles. The first-order valence-corrected chi connectivity index (χ1v) is 10.9. The van der Waals surface area contributed by atoms with Gasteiger partial charge in [-0.1, -0.05) is 26.0 Å². The molecular weight excluding hydrogens is 431 g/mol. The fourth-order valence-corrected chi connectivity index (χ4v) is 4.37. The molecule has 2 amide bonds. The molecule has 2 heterocycles. The van der Waals surface area contributed by atoms with Crippen molar-refractivity contribution in [2.24, 2.45) is 0 Å². The summed E-state index contributed by atoms with van der Waals surface area (Å²) in [5, 5.41) is 6.24. The van der Waals surface area contributed by atoms with Crippen LogP contribution in [0.5, 0.6) is 11.5 Å². The molecule has 8 heteroatoms. The number of hydrogen-bond donors (Lipinski definition) is 2. The smallest absolute Gasteiger partial charge is 0.261 e. The highest BCUT2D eigenvalue weighted by molar-refractivity contribution is 7.18. The number of carbonyl (C=O) groups is 2. The summed E-state index contributed by atoms with van der Waals surface area (Å²) in [5.74, 6) is 0.296. The van der Waals surface area contributed by atoms with Crippen LogP contribution in [0, 0.1) is 12.7 Å². The van der Waals surface area contributed by atoms with Crippen molar-refractivity contribution in [2.75, 3.05) is 18.7 Å². The second-order valence-corrected chi connectivity index (χ2v) is 9.27. The molecule has 0 atom stereocenters. The predicted molar refractivity (Wildman–Crippen MR) is 121 cm³/mol. The standard InChI is InChI=1S/C24H23FN2O4S/c1-14-9-20(27-22(28)15-5-4-6-17(25)10-15)32-21(14)23(29)26-12-24(2,3)16-7-8-18-19(11-16)31-13-30-18/h4-11H,12-13H2,1-3H3,(H,26,29)(H,27,28). The second kappa shape index (κ2) is 8.63. The number of thiophene rings is 1. The predicted octanol–water partition coefficient (Wildman–Crippen LogP) is 4.88. The molecule has 0 saturated carbocycles. The van der Waals surface area contributed by atoms with E-state index in [0.717, 1.165) is 16.9 Å². The normalized spacial score (nSPS) is 12.5. The number of anilines is 1. The topological polar surface area (TPSA) is 76.7 Å². The highest BCUT2D eigenvalue weighted by Gasteiger charge is 2.25. The van der Waals surface area contributed by atoms with Gasteiger partial charge in [0.05, 0.1) is 9.88 Å². The molecule has 4 rings (SSSR count). The van der Waals surface area contributed by atoms with Gasteiger partial charge in [-0.15, -0.1) is 11.3 Å². The molecular formula is C24H23FN2O4S. The highest BCUT2D eigenvalue weighted by Crippen LogP contribution is 2.36. The Hall–Kier alpha value is -3.39. The number of hydrogen-bond acceptors (Lipinski definition) is 5. The van der Waals surface area contributed by atoms with Crippen LogP contribution in [0.3, 0.4) is 0 Å². The summed E-state index contributed by atoms with van der Waals surface area (Å²) < 4.78 is 24.2. The van der Waals surface area contributed by atoms with Crippen molar-refractivity contribution < 1.29 is 23.5 Å². The van der Waals surface area contributed by atoms with E-state index in [-0.39, 0.29) is 23.7 Å². The van der Waals surface area contributed by atoms with Gasteiger partial charge in [-0.3, -0.25) is 9.59 Å². The second-order valence-electron chi connectivity index (χ2n) is 8.22. The zero-order chi connectivity index (χ0) is 22.9. The minimum atomic E-state index is -0.481. The quantitative estimate of drug-likeness (QED) is 0.556. The Morgan fingerprint density at radius 3 is 2.62 bits per heavy atom. The number of halogens is 1. The minimum absolute atomic E-state index is 0.214. The van der Waals surface area contributed by atoms with E-state index in [2.05, 4.69) is 10.6 Å². The Morgan fingerprint density at radius 1 is 1.06 bits per heavy atom. The Labute approximate surface area is 189 Å². The molecule has 1 aliphatic rings. The zero-order valence-electron chi connectivity index (χ0n) is 18.0. The summed E-state index contributed by atoms with van der Waals surface area (Å²) in [6.45, 7) is 6.51. The van der Waals surface area contributed by atoms with Gasteiger partial charge in [0.15, 0.2) is 11.5 Å². The monoisotopic (exact) mass is 454 g/mol. The Morgan fingerprint density at radius 2 is 1.84 bits per heavy atom. The van der Waals surface area contributed by atoms with E-state index in [4.69, 9.17) is 9.47 Å². The van der Waals surface area contributed by atoms with Gasteiger partial charge < -0.3 is 20.1 Å². The summed E-state index contributed by atoms with van der Waals surface area (Å²) in [7, 11) is 0. The molecule has 0 spiro atoms. The van der Waals surface area contributed by atoms with E-state index in [9.17, 15) is 14.0 Å². The van der Waals surface area contributed by atoms with Crippen molar-refractivity contribution in [1.82, 2.24) is 5.32 Å². The van der Waals surface area contributed by atoms with Crippen molar-refractivity contribution in [3.05, 3.63) is 75.9 Å². The first-order valence-electron chi connectivity index (χ1n) is 10.1. The summed E-state index contributed by atoms with van der Waals surface area (Å²) in [6, 6.07) is 13.0. The van der Waals surface area contributed by atoms with Crippen molar-refractivity contribution in [3.63, 3.8) is 0 Å². The van der Waals surface area contributed by atoms with Gasteiger partial charge in [0.1, 0.15) is 5.82 Å². The van der Waals surface area contributed by atoms with E-state index in [0.29, 0.717) is 22.2 Å². The van der Waals surface area contributed by atoms with Crippen LogP contribution in [0.15, 0.2) is 48.5 Å². The third-order valence-electron chi connectivity index (χ3n) is 5.29. The van der Waals surface area contributed by atoms with Crippen molar-refractivity contribution in [2.45, 2.75) is 26.2 Å². The maximum atomic E-state index is 13.4. The summed E-state index contributed by atoms with van der Waals surface area (Å²) in [5.41, 5.74) is 1.65. The molecule has 0 radical (unpaired) electrons. The molecule has 3 aromatic rings. The van der Waals surface area contributed by atoms with Crippen LogP contribution >= 0.6 is 11.3 Å². The number of rotatable bonds is 6. The lowest BCUT2D eigenvalue weighted by Crippen LogP contribution is -2.36. The SMILES string of the molecule is Cc1cc(NC(=O)c2cccc(F)c2)sc1C(=O)NCC(C)(C)c1ccc2c(c1)OCO2. The largest absolute Gasteiger partial charge is 0.454 e. The van der Waals surface area contributed by atoms with Crippen LogP contribution in [0.4, 0.5) is 9.39 Å². The lowest BCUT2D eigenvalue weighted by atomic mass is 9.84. The zero-order valence-corrected chi connectivity index (χ0v) is 18.8. The van der Waals surface area contributed by atoms with Crippen LogP contribution < -0.4 is 20.1 Å². The van der Waals surface area contributed by atoms with Crippen molar-refractivity contribution in [3.8, 4) is 11.5 Å². The summed E-state index contributed by atoms with van der Waals surface area (Å²) in [4.78, 5) is 25.7. The fraction of sp³-hybridized carbons (Fsp3) is 0.250.